The lowest BCUT2D eigenvalue weighted by atomic mass is 9.95. The number of nitrogens with zero attached hydrogens (tertiary/aromatic N) is 1. The van der Waals surface area contributed by atoms with Crippen LogP contribution in [0.1, 0.15) is 39.5 Å². The second kappa shape index (κ2) is 8.31. The van der Waals surface area contributed by atoms with Gasteiger partial charge >= 0.3 is 0 Å². The minimum atomic E-state index is -0.380. The van der Waals surface area contributed by atoms with Crippen LogP contribution in [0.3, 0.4) is 0 Å². The van der Waals surface area contributed by atoms with Gasteiger partial charge in [0, 0.05) is 11.7 Å². The molecule has 2 atom stereocenters. The lowest BCUT2D eigenvalue weighted by molar-refractivity contribution is -0.117. The van der Waals surface area contributed by atoms with Gasteiger partial charge in [0.15, 0.2) is 0 Å². The van der Waals surface area contributed by atoms with Crippen LogP contribution in [0, 0.1) is 0 Å². The zero-order chi connectivity index (χ0) is 16.8. The number of aliphatic hydroxyl groups excluding tert-OH is 1. The molecule has 2 N–H and O–H groups in total. The minimum Gasteiger partial charge on any atom is -0.488 e. The molecule has 128 valence electrons. The minimum absolute atomic E-state index is 0.0300. The molecular weight excluding hydrogens is 292 g/mol. The number of hydrogen-bond acceptors (Lipinski definition) is 4. The summed E-state index contributed by atoms with van der Waals surface area (Å²) in [5.41, 5.74) is 0.753. The Morgan fingerprint density at radius 2 is 1.96 bits per heavy atom. The second-order valence-electron chi connectivity index (χ2n) is 6.59. The number of carbonyl (C=O) groups is 1. The number of hydrogen-bond donors (Lipinski definition) is 2. The Labute approximate surface area is 138 Å². The largest absolute Gasteiger partial charge is 0.488 e. The molecule has 0 bridgehead atoms. The summed E-state index contributed by atoms with van der Waals surface area (Å²) in [5, 5.41) is 12.8. The van der Waals surface area contributed by atoms with E-state index in [9.17, 15) is 9.90 Å². The van der Waals surface area contributed by atoms with Crippen molar-refractivity contribution in [2.45, 2.75) is 57.8 Å². The van der Waals surface area contributed by atoms with Gasteiger partial charge in [-0.3, -0.25) is 9.69 Å². The van der Waals surface area contributed by atoms with Gasteiger partial charge in [-0.2, -0.15) is 0 Å². The maximum absolute atomic E-state index is 12.0. The molecule has 0 aromatic heterocycles. The first-order valence-electron chi connectivity index (χ1n) is 8.40. The van der Waals surface area contributed by atoms with Crippen LogP contribution in [0.15, 0.2) is 24.3 Å². The van der Waals surface area contributed by atoms with Gasteiger partial charge in [0.25, 0.3) is 0 Å². The van der Waals surface area contributed by atoms with Crippen molar-refractivity contribution in [2.75, 3.05) is 18.9 Å². The maximum Gasteiger partial charge on any atom is 0.238 e. The molecule has 1 aromatic carbocycles. The Bertz CT molecular complexity index is 501. The highest BCUT2D eigenvalue weighted by Gasteiger charge is 2.24. The van der Waals surface area contributed by atoms with Crippen LogP contribution in [-0.4, -0.2) is 47.8 Å². The first kappa shape index (κ1) is 17.8. The van der Waals surface area contributed by atoms with Crippen molar-refractivity contribution in [3.8, 4) is 5.75 Å². The lowest BCUT2D eigenvalue weighted by Gasteiger charge is -2.28. The fourth-order valence-corrected chi connectivity index (χ4v) is 2.62. The third kappa shape index (κ3) is 5.52. The molecule has 0 aliphatic heterocycles. The standard InChI is InChI=1S/C18H28N2O3/c1-13(2)20(3)12-18(22)19-14-8-10-15(11-9-14)23-17-7-5-4-6-16(17)21/h8-11,13,16-17,21H,4-7,12H2,1-3H3,(H,19,22)/t16-,17+/m1/s1. The molecule has 23 heavy (non-hydrogen) atoms. The monoisotopic (exact) mass is 320 g/mol. The molecular formula is C18H28N2O3. The smallest absolute Gasteiger partial charge is 0.238 e. The van der Waals surface area contributed by atoms with E-state index < -0.39 is 0 Å². The summed E-state index contributed by atoms with van der Waals surface area (Å²) in [6, 6.07) is 7.67. The molecule has 0 unspecified atom stereocenters. The van der Waals surface area contributed by atoms with Crippen LogP contribution in [0.5, 0.6) is 5.75 Å². The molecule has 0 heterocycles. The number of benzene rings is 1. The Hall–Kier alpha value is -1.59. The summed E-state index contributed by atoms with van der Waals surface area (Å²) in [6.07, 6.45) is 3.36. The number of rotatable bonds is 6. The van der Waals surface area contributed by atoms with Gasteiger partial charge in [-0.15, -0.1) is 0 Å². The molecule has 1 aliphatic rings. The van der Waals surface area contributed by atoms with Crippen molar-refractivity contribution >= 4 is 11.6 Å². The average molecular weight is 320 g/mol. The van der Waals surface area contributed by atoms with Crippen molar-refractivity contribution < 1.29 is 14.6 Å². The van der Waals surface area contributed by atoms with Gasteiger partial charge in [0.1, 0.15) is 11.9 Å². The van der Waals surface area contributed by atoms with Crippen molar-refractivity contribution in [3.63, 3.8) is 0 Å². The van der Waals surface area contributed by atoms with E-state index in [0.29, 0.717) is 12.6 Å². The highest BCUT2D eigenvalue weighted by atomic mass is 16.5. The van der Waals surface area contributed by atoms with Gasteiger partial charge in [0.05, 0.1) is 12.6 Å². The summed E-state index contributed by atoms with van der Waals surface area (Å²) in [6.45, 7) is 4.47. The number of amides is 1. The normalized spacial score (nSPS) is 21.5. The zero-order valence-electron chi connectivity index (χ0n) is 14.3. The van der Waals surface area contributed by atoms with Gasteiger partial charge in [-0.1, -0.05) is 6.42 Å². The summed E-state index contributed by atoms with van der Waals surface area (Å²) in [5.74, 6) is 0.700. The zero-order valence-corrected chi connectivity index (χ0v) is 14.3. The molecule has 0 spiro atoms. The fourth-order valence-electron chi connectivity index (χ4n) is 2.62. The Morgan fingerprint density at radius 3 is 2.57 bits per heavy atom. The molecule has 5 nitrogen and oxygen atoms in total. The SMILES string of the molecule is CC(C)N(C)CC(=O)Nc1ccc(O[C@H]2CCCC[C@H]2O)cc1. The highest BCUT2D eigenvalue weighted by molar-refractivity contribution is 5.92. The van der Waals surface area contributed by atoms with Crippen molar-refractivity contribution in [3.05, 3.63) is 24.3 Å². The molecule has 5 heteroatoms. The van der Waals surface area contributed by atoms with E-state index in [-0.39, 0.29) is 18.1 Å². The molecule has 0 radical (unpaired) electrons. The predicted molar refractivity (Wildman–Crippen MR) is 91.7 cm³/mol. The van der Waals surface area contributed by atoms with E-state index in [1.165, 1.54) is 0 Å². The number of carbonyl (C=O) groups excluding carboxylic acids is 1. The van der Waals surface area contributed by atoms with E-state index in [0.717, 1.165) is 37.1 Å². The van der Waals surface area contributed by atoms with Crippen LogP contribution in [-0.2, 0) is 4.79 Å². The van der Waals surface area contributed by atoms with Crippen molar-refractivity contribution in [1.29, 1.82) is 0 Å². The second-order valence-corrected chi connectivity index (χ2v) is 6.59. The molecule has 0 saturated heterocycles. The van der Waals surface area contributed by atoms with E-state index in [1.807, 2.05) is 36.2 Å². The average Bonchev–Trinajstić information content (AvgIpc) is 2.51. The Morgan fingerprint density at radius 1 is 1.30 bits per heavy atom. The highest BCUT2D eigenvalue weighted by Crippen LogP contribution is 2.24. The number of likely N-dealkylation sites (N-methyl/N-ethyl adjacent to an activating group) is 1. The third-order valence-corrected chi connectivity index (χ3v) is 4.37. The number of nitrogens with one attached hydrogen (secondary N) is 1. The number of ether oxygens (including phenoxy) is 1. The molecule has 2 rings (SSSR count). The number of anilines is 1. The third-order valence-electron chi connectivity index (χ3n) is 4.37. The van der Waals surface area contributed by atoms with E-state index in [1.54, 1.807) is 0 Å². The van der Waals surface area contributed by atoms with Crippen LogP contribution < -0.4 is 10.1 Å². The molecule has 1 aromatic rings. The summed E-state index contributed by atoms with van der Waals surface area (Å²) >= 11 is 0. The van der Waals surface area contributed by atoms with Crippen molar-refractivity contribution in [2.24, 2.45) is 0 Å². The molecule has 1 amide bonds. The summed E-state index contributed by atoms with van der Waals surface area (Å²) in [7, 11) is 1.93. The van der Waals surface area contributed by atoms with Crippen LogP contribution in [0.4, 0.5) is 5.69 Å². The maximum atomic E-state index is 12.0. The first-order valence-corrected chi connectivity index (χ1v) is 8.40. The van der Waals surface area contributed by atoms with Crippen LogP contribution in [0.2, 0.25) is 0 Å². The Balaban J connectivity index is 1.85. The fraction of sp³-hybridized carbons (Fsp3) is 0.611. The van der Waals surface area contributed by atoms with E-state index in [4.69, 9.17) is 4.74 Å². The van der Waals surface area contributed by atoms with Crippen molar-refractivity contribution in [1.82, 2.24) is 4.90 Å². The molecule has 1 fully saturated rings. The van der Waals surface area contributed by atoms with Gasteiger partial charge in [0.2, 0.25) is 5.91 Å². The summed E-state index contributed by atoms with van der Waals surface area (Å²) < 4.78 is 5.85. The lowest BCUT2D eigenvalue weighted by Crippen LogP contribution is -2.35. The number of aliphatic hydroxyl groups is 1. The quantitative estimate of drug-likeness (QED) is 0.846. The van der Waals surface area contributed by atoms with Gasteiger partial charge < -0.3 is 15.2 Å². The molecule has 1 aliphatic carbocycles. The first-order chi connectivity index (χ1) is 11.0. The summed E-state index contributed by atoms with van der Waals surface area (Å²) in [4.78, 5) is 13.9. The topological polar surface area (TPSA) is 61.8 Å². The Kier molecular flexibility index (Phi) is 6.42. The molecule has 1 saturated carbocycles. The van der Waals surface area contributed by atoms with E-state index in [2.05, 4.69) is 19.2 Å². The van der Waals surface area contributed by atoms with Crippen LogP contribution in [0.25, 0.3) is 0 Å². The van der Waals surface area contributed by atoms with E-state index >= 15 is 0 Å². The van der Waals surface area contributed by atoms with Gasteiger partial charge in [-0.05, 0) is 64.4 Å². The van der Waals surface area contributed by atoms with Crippen LogP contribution >= 0.6 is 0 Å². The van der Waals surface area contributed by atoms with Gasteiger partial charge in [-0.25, -0.2) is 0 Å². The predicted octanol–water partition coefficient (Wildman–Crippen LogP) is 2.65.